The highest BCUT2D eigenvalue weighted by Crippen LogP contribution is 2.31. The van der Waals surface area contributed by atoms with E-state index in [1.165, 1.54) is 0 Å². The number of nitrogens with one attached hydrogen (secondary N) is 1. The molecule has 0 saturated heterocycles. The second kappa shape index (κ2) is 4.25. The highest BCUT2D eigenvalue weighted by Gasteiger charge is 2.34. The molecule has 1 saturated carbocycles. The van der Waals surface area contributed by atoms with Crippen LogP contribution in [0.25, 0.3) is 0 Å². The van der Waals surface area contributed by atoms with Gasteiger partial charge in [-0.15, -0.1) is 0 Å². The van der Waals surface area contributed by atoms with Crippen LogP contribution in [0.5, 0.6) is 0 Å². The number of aliphatic hydroxyl groups is 1. The standard InChI is InChI=1S/C11H17N3O2/c1-2-14-7-6-12-9(10(14)15)13-8-11(16)4-3-5-11/h6-7,16H,2-5,8H2,1H3,(H,12,13). The summed E-state index contributed by atoms with van der Waals surface area (Å²) >= 11 is 0. The van der Waals surface area contributed by atoms with Crippen LogP contribution in [-0.4, -0.2) is 26.8 Å². The van der Waals surface area contributed by atoms with Crippen LogP contribution in [0.15, 0.2) is 17.2 Å². The minimum atomic E-state index is -0.638. The van der Waals surface area contributed by atoms with Gasteiger partial charge >= 0.3 is 0 Å². The van der Waals surface area contributed by atoms with E-state index in [4.69, 9.17) is 0 Å². The summed E-state index contributed by atoms with van der Waals surface area (Å²) in [6, 6.07) is 0. The molecule has 16 heavy (non-hydrogen) atoms. The van der Waals surface area contributed by atoms with E-state index >= 15 is 0 Å². The zero-order valence-corrected chi connectivity index (χ0v) is 9.44. The Morgan fingerprint density at radius 3 is 2.94 bits per heavy atom. The van der Waals surface area contributed by atoms with Crippen molar-refractivity contribution in [3.8, 4) is 0 Å². The molecule has 0 aromatic carbocycles. The van der Waals surface area contributed by atoms with Crippen LogP contribution in [0.3, 0.4) is 0 Å². The van der Waals surface area contributed by atoms with Crippen molar-refractivity contribution < 1.29 is 5.11 Å². The maximum atomic E-state index is 11.8. The minimum Gasteiger partial charge on any atom is -0.388 e. The third-order valence-corrected chi connectivity index (χ3v) is 3.12. The Bertz CT molecular complexity index is 423. The molecule has 88 valence electrons. The molecular formula is C11H17N3O2. The van der Waals surface area contributed by atoms with Crippen molar-refractivity contribution in [1.82, 2.24) is 9.55 Å². The Labute approximate surface area is 94.1 Å². The zero-order valence-electron chi connectivity index (χ0n) is 9.44. The van der Waals surface area contributed by atoms with Gasteiger partial charge in [0.25, 0.3) is 5.56 Å². The second-order valence-electron chi connectivity index (χ2n) is 4.30. The topological polar surface area (TPSA) is 67.2 Å². The summed E-state index contributed by atoms with van der Waals surface area (Å²) in [5, 5.41) is 12.8. The monoisotopic (exact) mass is 223 g/mol. The Balaban J connectivity index is 2.07. The molecule has 1 heterocycles. The van der Waals surface area contributed by atoms with Crippen molar-refractivity contribution in [3.05, 3.63) is 22.7 Å². The predicted octanol–water partition coefficient (Wildman–Crippen LogP) is 0.590. The van der Waals surface area contributed by atoms with Crippen molar-refractivity contribution in [3.63, 3.8) is 0 Å². The quantitative estimate of drug-likeness (QED) is 0.784. The number of aromatic nitrogens is 2. The lowest BCUT2D eigenvalue weighted by Crippen LogP contribution is -2.44. The summed E-state index contributed by atoms with van der Waals surface area (Å²) in [5.41, 5.74) is -0.769. The number of anilines is 1. The Morgan fingerprint density at radius 2 is 2.38 bits per heavy atom. The summed E-state index contributed by atoms with van der Waals surface area (Å²) in [6.07, 6.45) is 5.91. The van der Waals surface area contributed by atoms with Gasteiger partial charge in [-0.05, 0) is 26.2 Å². The van der Waals surface area contributed by atoms with Crippen LogP contribution in [0.4, 0.5) is 5.82 Å². The van der Waals surface area contributed by atoms with Crippen molar-refractivity contribution >= 4 is 5.82 Å². The third kappa shape index (κ3) is 2.09. The molecule has 0 atom stereocenters. The molecule has 1 fully saturated rings. The van der Waals surface area contributed by atoms with E-state index in [1.807, 2.05) is 6.92 Å². The van der Waals surface area contributed by atoms with Gasteiger partial charge < -0.3 is 15.0 Å². The SMILES string of the molecule is CCn1ccnc(NCC2(O)CCC2)c1=O. The fraction of sp³-hybridized carbons (Fsp3) is 0.636. The smallest absolute Gasteiger partial charge is 0.293 e. The maximum absolute atomic E-state index is 11.8. The number of hydrogen-bond donors (Lipinski definition) is 2. The van der Waals surface area contributed by atoms with E-state index in [0.717, 1.165) is 19.3 Å². The molecule has 0 spiro atoms. The Hall–Kier alpha value is -1.36. The molecule has 0 bridgehead atoms. The molecule has 1 aliphatic rings. The van der Waals surface area contributed by atoms with Crippen molar-refractivity contribution in [1.29, 1.82) is 0 Å². The van der Waals surface area contributed by atoms with Gasteiger partial charge in [-0.25, -0.2) is 4.98 Å². The molecule has 0 aliphatic heterocycles. The van der Waals surface area contributed by atoms with Gasteiger partial charge in [-0.2, -0.15) is 0 Å². The number of nitrogens with zero attached hydrogens (tertiary/aromatic N) is 2. The van der Waals surface area contributed by atoms with Crippen molar-refractivity contribution in [2.24, 2.45) is 0 Å². The first-order chi connectivity index (χ1) is 7.64. The van der Waals surface area contributed by atoms with E-state index < -0.39 is 5.60 Å². The average molecular weight is 223 g/mol. The second-order valence-corrected chi connectivity index (χ2v) is 4.30. The van der Waals surface area contributed by atoms with Crippen LogP contribution in [0.2, 0.25) is 0 Å². The zero-order chi connectivity index (χ0) is 11.6. The van der Waals surface area contributed by atoms with E-state index in [0.29, 0.717) is 18.9 Å². The van der Waals surface area contributed by atoms with Crippen LogP contribution >= 0.6 is 0 Å². The highest BCUT2D eigenvalue weighted by molar-refractivity contribution is 5.31. The Morgan fingerprint density at radius 1 is 1.62 bits per heavy atom. The summed E-state index contributed by atoms with van der Waals surface area (Å²) < 4.78 is 1.58. The minimum absolute atomic E-state index is 0.132. The van der Waals surface area contributed by atoms with E-state index in [2.05, 4.69) is 10.3 Å². The molecular weight excluding hydrogens is 206 g/mol. The molecule has 1 aliphatic carbocycles. The highest BCUT2D eigenvalue weighted by atomic mass is 16.3. The first kappa shape index (κ1) is 11.1. The van der Waals surface area contributed by atoms with Gasteiger partial charge in [-0.3, -0.25) is 4.79 Å². The number of aryl methyl sites for hydroxylation is 1. The fourth-order valence-electron chi connectivity index (χ4n) is 1.83. The Kier molecular flexibility index (Phi) is 2.96. The van der Waals surface area contributed by atoms with Gasteiger partial charge in [0.05, 0.1) is 5.60 Å². The molecule has 0 amide bonds. The summed E-state index contributed by atoms with van der Waals surface area (Å²) in [5.74, 6) is 0.324. The summed E-state index contributed by atoms with van der Waals surface area (Å²) in [7, 11) is 0. The normalized spacial score (nSPS) is 17.9. The van der Waals surface area contributed by atoms with Crippen molar-refractivity contribution in [2.75, 3.05) is 11.9 Å². The van der Waals surface area contributed by atoms with E-state index in [9.17, 15) is 9.90 Å². The van der Waals surface area contributed by atoms with Gasteiger partial charge in [-0.1, -0.05) is 0 Å². The predicted molar refractivity (Wildman–Crippen MR) is 61.5 cm³/mol. The molecule has 0 unspecified atom stereocenters. The number of hydrogen-bond acceptors (Lipinski definition) is 4. The van der Waals surface area contributed by atoms with Crippen LogP contribution in [0.1, 0.15) is 26.2 Å². The van der Waals surface area contributed by atoms with E-state index in [-0.39, 0.29) is 5.56 Å². The molecule has 2 N–H and O–H groups in total. The lowest BCUT2D eigenvalue weighted by Gasteiger charge is -2.36. The van der Waals surface area contributed by atoms with Gasteiger partial charge in [0, 0.05) is 25.5 Å². The van der Waals surface area contributed by atoms with Crippen molar-refractivity contribution in [2.45, 2.75) is 38.3 Å². The maximum Gasteiger partial charge on any atom is 0.293 e. The molecule has 2 rings (SSSR count). The first-order valence-electron chi connectivity index (χ1n) is 5.66. The number of rotatable bonds is 4. The summed E-state index contributed by atoms with van der Waals surface area (Å²) in [4.78, 5) is 15.8. The lowest BCUT2D eigenvalue weighted by atomic mass is 9.80. The molecule has 1 aromatic heterocycles. The largest absolute Gasteiger partial charge is 0.388 e. The van der Waals surface area contributed by atoms with Gasteiger partial charge in [0.1, 0.15) is 0 Å². The van der Waals surface area contributed by atoms with Crippen LogP contribution in [0, 0.1) is 0 Å². The molecule has 0 radical (unpaired) electrons. The lowest BCUT2D eigenvalue weighted by molar-refractivity contribution is -0.0202. The van der Waals surface area contributed by atoms with E-state index in [1.54, 1.807) is 17.0 Å². The third-order valence-electron chi connectivity index (χ3n) is 3.12. The average Bonchev–Trinajstić information content (AvgIpc) is 2.25. The molecule has 5 nitrogen and oxygen atoms in total. The van der Waals surface area contributed by atoms with Gasteiger partial charge in [0.15, 0.2) is 5.82 Å². The first-order valence-corrected chi connectivity index (χ1v) is 5.66. The van der Waals surface area contributed by atoms with Gasteiger partial charge in [0.2, 0.25) is 0 Å². The fourth-order valence-corrected chi connectivity index (χ4v) is 1.83. The molecule has 1 aromatic rings. The van der Waals surface area contributed by atoms with Crippen LogP contribution in [-0.2, 0) is 6.54 Å². The summed E-state index contributed by atoms with van der Waals surface area (Å²) in [6.45, 7) is 2.94. The molecule has 5 heteroatoms. The van der Waals surface area contributed by atoms with Crippen LogP contribution < -0.4 is 10.9 Å².